The van der Waals surface area contributed by atoms with E-state index in [9.17, 15) is 0 Å². The fraction of sp³-hybridized carbons (Fsp3) is 0.833. The standard InChI is InChI=1S/C18H33NO/c1-5-7-9-11-13-18(4,14-12-10-8-6-2)17-16(3)19-15-20-17/h15H,5-14H2,1-4H3. The summed E-state index contributed by atoms with van der Waals surface area (Å²) in [6.45, 7) is 8.99. The molecule has 0 amide bonds. The first-order chi connectivity index (χ1) is 9.64. The van der Waals surface area contributed by atoms with Gasteiger partial charge < -0.3 is 4.42 Å². The molecule has 1 aromatic heterocycles. The predicted octanol–water partition coefficient (Wildman–Crippen LogP) is 6.18. The number of nitrogens with zero attached hydrogens (tertiary/aromatic N) is 1. The van der Waals surface area contributed by atoms with Gasteiger partial charge in [-0.05, 0) is 19.8 Å². The molecule has 1 heterocycles. The maximum absolute atomic E-state index is 5.73. The van der Waals surface area contributed by atoms with Crippen molar-refractivity contribution in [3.63, 3.8) is 0 Å². The van der Waals surface area contributed by atoms with Gasteiger partial charge in [-0.25, -0.2) is 4.98 Å². The largest absolute Gasteiger partial charge is 0.448 e. The van der Waals surface area contributed by atoms with Gasteiger partial charge in [0.15, 0.2) is 6.39 Å². The fourth-order valence-corrected chi connectivity index (χ4v) is 3.12. The molecular formula is C18H33NO. The summed E-state index contributed by atoms with van der Waals surface area (Å²) in [5.74, 6) is 1.13. The first kappa shape index (κ1) is 17.3. The highest BCUT2D eigenvalue weighted by atomic mass is 16.3. The van der Waals surface area contributed by atoms with Gasteiger partial charge in [-0.1, -0.05) is 72.1 Å². The van der Waals surface area contributed by atoms with Crippen molar-refractivity contribution in [3.05, 3.63) is 17.8 Å². The van der Waals surface area contributed by atoms with Gasteiger partial charge in [0, 0.05) is 5.41 Å². The van der Waals surface area contributed by atoms with E-state index in [0.717, 1.165) is 11.5 Å². The van der Waals surface area contributed by atoms with Gasteiger partial charge in [0.05, 0.1) is 5.69 Å². The first-order valence-corrected chi connectivity index (χ1v) is 8.54. The SMILES string of the molecule is CCCCCCC(C)(CCCCCC)c1ocnc1C. The highest BCUT2D eigenvalue weighted by Crippen LogP contribution is 2.36. The zero-order valence-corrected chi connectivity index (χ0v) is 14.0. The second-order valence-corrected chi connectivity index (χ2v) is 6.45. The first-order valence-electron chi connectivity index (χ1n) is 8.54. The van der Waals surface area contributed by atoms with Crippen LogP contribution < -0.4 is 0 Å². The smallest absolute Gasteiger partial charge is 0.181 e. The van der Waals surface area contributed by atoms with Gasteiger partial charge in [-0.15, -0.1) is 0 Å². The van der Waals surface area contributed by atoms with Crippen LogP contribution in [-0.2, 0) is 5.41 Å². The molecule has 1 rings (SSSR count). The normalized spacial score (nSPS) is 12.0. The Labute approximate surface area is 125 Å². The minimum absolute atomic E-state index is 0.183. The molecule has 2 nitrogen and oxygen atoms in total. The van der Waals surface area contributed by atoms with Gasteiger partial charge >= 0.3 is 0 Å². The minimum Gasteiger partial charge on any atom is -0.448 e. The minimum atomic E-state index is 0.183. The van der Waals surface area contributed by atoms with Crippen LogP contribution in [0.25, 0.3) is 0 Å². The van der Waals surface area contributed by atoms with Crippen molar-refractivity contribution in [1.29, 1.82) is 0 Å². The van der Waals surface area contributed by atoms with Crippen LogP contribution in [0.15, 0.2) is 10.8 Å². The lowest BCUT2D eigenvalue weighted by atomic mass is 9.77. The lowest BCUT2D eigenvalue weighted by Crippen LogP contribution is -2.22. The Balaban J connectivity index is 2.60. The summed E-state index contributed by atoms with van der Waals surface area (Å²) < 4.78 is 5.73. The Hall–Kier alpha value is -0.790. The molecule has 0 fully saturated rings. The summed E-state index contributed by atoms with van der Waals surface area (Å²) in [6, 6.07) is 0. The molecule has 0 N–H and O–H groups in total. The van der Waals surface area contributed by atoms with E-state index in [2.05, 4.69) is 32.7 Å². The van der Waals surface area contributed by atoms with Gasteiger partial charge in [-0.2, -0.15) is 0 Å². The van der Waals surface area contributed by atoms with Crippen molar-refractivity contribution in [1.82, 2.24) is 4.98 Å². The van der Waals surface area contributed by atoms with Crippen LogP contribution in [-0.4, -0.2) is 4.98 Å². The molecule has 2 heteroatoms. The van der Waals surface area contributed by atoms with E-state index in [1.54, 1.807) is 6.39 Å². The number of hydrogen-bond acceptors (Lipinski definition) is 2. The zero-order chi connectivity index (χ0) is 14.8. The Bertz CT molecular complexity index is 344. The third kappa shape index (κ3) is 5.30. The van der Waals surface area contributed by atoms with E-state index in [1.807, 2.05) is 0 Å². The van der Waals surface area contributed by atoms with Crippen molar-refractivity contribution < 1.29 is 4.42 Å². The molecule has 0 aliphatic heterocycles. The van der Waals surface area contributed by atoms with Crippen molar-refractivity contribution in [3.8, 4) is 0 Å². The molecule has 1 aromatic rings. The molecule has 0 unspecified atom stereocenters. The van der Waals surface area contributed by atoms with Crippen LogP contribution in [0.5, 0.6) is 0 Å². The van der Waals surface area contributed by atoms with Crippen LogP contribution in [0, 0.1) is 6.92 Å². The highest BCUT2D eigenvalue weighted by molar-refractivity contribution is 5.17. The Morgan fingerprint density at radius 3 is 1.90 bits per heavy atom. The summed E-state index contributed by atoms with van der Waals surface area (Å²) >= 11 is 0. The van der Waals surface area contributed by atoms with Crippen LogP contribution in [0.1, 0.15) is 96.4 Å². The van der Waals surface area contributed by atoms with Crippen LogP contribution >= 0.6 is 0 Å². The Kier molecular flexibility index (Phi) is 7.94. The van der Waals surface area contributed by atoms with Crippen molar-refractivity contribution in [2.24, 2.45) is 0 Å². The van der Waals surface area contributed by atoms with Crippen molar-refractivity contribution >= 4 is 0 Å². The number of aryl methyl sites for hydroxylation is 1. The van der Waals surface area contributed by atoms with E-state index in [0.29, 0.717) is 0 Å². The molecule has 0 spiro atoms. The van der Waals surface area contributed by atoms with E-state index in [1.165, 1.54) is 64.2 Å². The second kappa shape index (κ2) is 9.20. The molecule has 0 saturated heterocycles. The Morgan fingerprint density at radius 1 is 0.950 bits per heavy atom. The molecule has 0 bridgehead atoms. The number of unbranched alkanes of at least 4 members (excludes halogenated alkanes) is 6. The van der Waals surface area contributed by atoms with E-state index >= 15 is 0 Å². The molecular weight excluding hydrogens is 246 g/mol. The predicted molar refractivity (Wildman–Crippen MR) is 86.1 cm³/mol. The van der Waals surface area contributed by atoms with E-state index in [-0.39, 0.29) is 5.41 Å². The molecule has 0 radical (unpaired) electrons. The topological polar surface area (TPSA) is 26.0 Å². The highest BCUT2D eigenvalue weighted by Gasteiger charge is 2.31. The van der Waals surface area contributed by atoms with Gasteiger partial charge in [0.25, 0.3) is 0 Å². The quantitative estimate of drug-likeness (QED) is 0.452. The van der Waals surface area contributed by atoms with Crippen molar-refractivity contribution in [2.75, 3.05) is 0 Å². The zero-order valence-electron chi connectivity index (χ0n) is 14.0. The molecule has 0 aliphatic rings. The van der Waals surface area contributed by atoms with E-state index < -0.39 is 0 Å². The summed E-state index contributed by atoms with van der Waals surface area (Å²) in [6.07, 6.45) is 14.7. The Morgan fingerprint density at radius 2 is 1.50 bits per heavy atom. The third-order valence-electron chi connectivity index (χ3n) is 4.46. The van der Waals surface area contributed by atoms with E-state index in [4.69, 9.17) is 4.42 Å². The average molecular weight is 279 g/mol. The lowest BCUT2D eigenvalue weighted by Gasteiger charge is -2.28. The van der Waals surface area contributed by atoms with Gasteiger partial charge in [0.2, 0.25) is 0 Å². The molecule has 0 aromatic carbocycles. The lowest BCUT2D eigenvalue weighted by molar-refractivity contribution is 0.296. The number of rotatable bonds is 11. The fourth-order valence-electron chi connectivity index (χ4n) is 3.12. The molecule has 0 aliphatic carbocycles. The maximum atomic E-state index is 5.73. The molecule has 0 atom stereocenters. The summed E-state index contributed by atoms with van der Waals surface area (Å²) in [5, 5.41) is 0. The van der Waals surface area contributed by atoms with Gasteiger partial charge in [-0.3, -0.25) is 0 Å². The summed E-state index contributed by atoms with van der Waals surface area (Å²) in [5.41, 5.74) is 1.26. The number of hydrogen-bond donors (Lipinski definition) is 0. The summed E-state index contributed by atoms with van der Waals surface area (Å²) in [7, 11) is 0. The van der Waals surface area contributed by atoms with Crippen LogP contribution in [0.3, 0.4) is 0 Å². The second-order valence-electron chi connectivity index (χ2n) is 6.45. The van der Waals surface area contributed by atoms with Gasteiger partial charge in [0.1, 0.15) is 5.76 Å². The summed E-state index contributed by atoms with van der Waals surface area (Å²) in [4.78, 5) is 4.30. The average Bonchev–Trinajstić information content (AvgIpc) is 2.87. The molecule has 20 heavy (non-hydrogen) atoms. The maximum Gasteiger partial charge on any atom is 0.181 e. The molecule has 0 saturated carbocycles. The monoisotopic (exact) mass is 279 g/mol. The number of aromatic nitrogens is 1. The molecule has 116 valence electrons. The number of oxazole rings is 1. The van der Waals surface area contributed by atoms with Crippen molar-refractivity contribution in [2.45, 2.75) is 97.3 Å². The van der Waals surface area contributed by atoms with Crippen LogP contribution in [0.4, 0.5) is 0 Å². The van der Waals surface area contributed by atoms with Crippen LogP contribution in [0.2, 0.25) is 0 Å². The third-order valence-corrected chi connectivity index (χ3v) is 4.46.